The molecule has 0 saturated carbocycles. The fraction of sp³-hybridized carbons (Fsp3) is 0.250. The molecule has 0 fully saturated rings. The molecule has 0 radical (unpaired) electrons. The van der Waals surface area contributed by atoms with Crippen LogP contribution in [0.2, 0.25) is 0 Å². The molecule has 3 rings (SSSR count). The summed E-state index contributed by atoms with van der Waals surface area (Å²) < 4.78 is 10.7. The van der Waals surface area contributed by atoms with E-state index in [4.69, 9.17) is 9.47 Å². The number of methoxy groups -OCH3 is 1. The van der Waals surface area contributed by atoms with Gasteiger partial charge in [0.15, 0.2) is 0 Å². The van der Waals surface area contributed by atoms with E-state index in [0.29, 0.717) is 0 Å². The molecule has 98 valence electrons. The topological polar surface area (TPSA) is 38.7 Å². The van der Waals surface area contributed by atoms with Crippen molar-refractivity contribution in [1.82, 2.24) is 0 Å². The number of benzene rings is 2. The van der Waals surface area contributed by atoms with Crippen molar-refractivity contribution in [2.24, 2.45) is 0 Å². The van der Waals surface area contributed by atoms with Crippen molar-refractivity contribution in [3.63, 3.8) is 0 Å². The van der Waals surface area contributed by atoms with Gasteiger partial charge in [-0.1, -0.05) is 18.2 Å². The van der Waals surface area contributed by atoms with Gasteiger partial charge in [0.2, 0.25) is 0 Å². The van der Waals surface area contributed by atoms with Crippen LogP contribution in [0.1, 0.15) is 22.8 Å². The number of rotatable bonds is 3. The Morgan fingerprint density at radius 2 is 2.00 bits per heavy atom. The molecule has 1 N–H and O–H groups in total. The maximum Gasteiger partial charge on any atom is 0.122 e. The Hall–Kier alpha value is -2.00. The SMILES string of the molecule is COc1cccc(C(O)c2ccc3c(c2)CCO3)c1. The van der Waals surface area contributed by atoms with Gasteiger partial charge in [0.1, 0.15) is 17.6 Å². The summed E-state index contributed by atoms with van der Waals surface area (Å²) in [6.45, 7) is 0.730. The highest BCUT2D eigenvalue weighted by Gasteiger charge is 2.16. The van der Waals surface area contributed by atoms with Crippen molar-refractivity contribution in [1.29, 1.82) is 0 Å². The molecule has 1 unspecified atom stereocenters. The van der Waals surface area contributed by atoms with Crippen LogP contribution in [0.3, 0.4) is 0 Å². The molecule has 1 atom stereocenters. The summed E-state index contributed by atoms with van der Waals surface area (Å²) in [6, 6.07) is 13.4. The van der Waals surface area contributed by atoms with Gasteiger partial charge in [0.05, 0.1) is 13.7 Å². The first-order chi connectivity index (χ1) is 9.28. The average Bonchev–Trinajstić information content (AvgIpc) is 2.94. The minimum absolute atomic E-state index is 0.638. The number of aliphatic hydroxyl groups excluding tert-OH is 1. The van der Waals surface area contributed by atoms with Crippen molar-refractivity contribution < 1.29 is 14.6 Å². The molecular weight excluding hydrogens is 240 g/mol. The van der Waals surface area contributed by atoms with Crippen LogP contribution < -0.4 is 9.47 Å². The van der Waals surface area contributed by atoms with Crippen molar-refractivity contribution in [3.8, 4) is 11.5 Å². The Balaban J connectivity index is 1.92. The molecule has 2 aromatic carbocycles. The van der Waals surface area contributed by atoms with E-state index in [0.717, 1.165) is 35.7 Å². The Morgan fingerprint density at radius 1 is 1.16 bits per heavy atom. The molecule has 0 saturated heterocycles. The molecule has 0 spiro atoms. The van der Waals surface area contributed by atoms with Crippen molar-refractivity contribution in [3.05, 3.63) is 59.2 Å². The molecule has 3 heteroatoms. The van der Waals surface area contributed by atoms with Crippen LogP contribution in [-0.2, 0) is 6.42 Å². The zero-order valence-electron chi connectivity index (χ0n) is 10.8. The Bertz CT molecular complexity index is 592. The van der Waals surface area contributed by atoms with Crippen molar-refractivity contribution in [2.75, 3.05) is 13.7 Å². The second-order valence-corrected chi connectivity index (χ2v) is 4.64. The molecule has 0 aliphatic carbocycles. The van der Waals surface area contributed by atoms with Crippen LogP contribution in [0.4, 0.5) is 0 Å². The quantitative estimate of drug-likeness (QED) is 0.917. The van der Waals surface area contributed by atoms with E-state index in [2.05, 4.69) is 0 Å². The summed E-state index contributed by atoms with van der Waals surface area (Å²) in [7, 11) is 1.62. The van der Waals surface area contributed by atoms with E-state index in [1.165, 1.54) is 5.56 Å². The number of aliphatic hydroxyl groups is 1. The fourth-order valence-electron chi connectivity index (χ4n) is 2.38. The second kappa shape index (κ2) is 4.94. The fourth-order valence-corrected chi connectivity index (χ4v) is 2.38. The summed E-state index contributed by atoms with van der Waals surface area (Å²) in [5.74, 6) is 1.68. The lowest BCUT2D eigenvalue weighted by atomic mass is 9.99. The van der Waals surface area contributed by atoms with Crippen molar-refractivity contribution in [2.45, 2.75) is 12.5 Å². The number of ether oxygens (including phenoxy) is 2. The van der Waals surface area contributed by atoms with Gasteiger partial charge in [-0.2, -0.15) is 0 Å². The predicted octanol–water partition coefficient (Wildman–Crippen LogP) is 2.71. The Labute approximate surface area is 112 Å². The lowest BCUT2D eigenvalue weighted by Gasteiger charge is -2.13. The first kappa shape index (κ1) is 12.1. The third-order valence-corrected chi connectivity index (χ3v) is 3.44. The highest BCUT2D eigenvalue weighted by Crippen LogP contribution is 2.31. The molecule has 19 heavy (non-hydrogen) atoms. The van der Waals surface area contributed by atoms with Gasteiger partial charge >= 0.3 is 0 Å². The first-order valence-electron chi connectivity index (χ1n) is 6.35. The molecule has 0 aromatic heterocycles. The average molecular weight is 256 g/mol. The molecule has 1 aliphatic rings. The number of hydrogen-bond donors (Lipinski definition) is 1. The molecular formula is C16H16O3. The van der Waals surface area contributed by atoms with E-state index in [9.17, 15) is 5.11 Å². The van der Waals surface area contributed by atoms with E-state index >= 15 is 0 Å². The molecule has 1 aliphatic heterocycles. The van der Waals surface area contributed by atoms with Crippen LogP contribution in [0, 0.1) is 0 Å². The highest BCUT2D eigenvalue weighted by atomic mass is 16.5. The van der Waals surface area contributed by atoms with Gasteiger partial charge in [-0.05, 0) is 41.0 Å². The van der Waals surface area contributed by atoms with Gasteiger partial charge in [-0.25, -0.2) is 0 Å². The lowest BCUT2D eigenvalue weighted by Crippen LogP contribution is -2.00. The summed E-state index contributed by atoms with van der Waals surface area (Å²) in [5, 5.41) is 10.4. The zero-order valence-corrected chi connectivity index (χ0v) is 10.8. The standard InChI is InChI=1S/C16H16O3/c1-18-14-4-2-3-12(10-14)16(17)13-5-6-15-11(9-13)7-8-19-15/h2-6,9-10,16-17H,7-8H2,1H3. The maximum absolute atomic E-state index is 10.4. The van der Waals surface area contributed by atoms with E-state index < -0.39 is 6.10 Å². The van der Waals surface area contributed by atoms with Gasteiger partial charge < -0.3 is 14.6 Å². The third-order valence-electron chi connectivity index (χ3n) is 3.44. The lowest BCUT2D eigenvalue weighted by molar-refractivity contribution is 0.219. The summed E-state index contributed by atoms with van der Waals surface area (Å²) in [6.07, 6.45) is 0.273. The summed E-state index contributed by atoms with van der Waals surface area (Å²) in [4.78, 5) is 0. The number of fused-ring (bicyclic) bond motifs is 1. The summed E-state index contributed by atoms with van der Waals surface area (Å²) >= 11 is 0. The normalized spacial score (nSPS) is 14.6. The van der Waals surface area contributed by atoms with Crippen LogP contribution in [-0.4, -0.2) is 18.8 Å². The van der Waals surface area contributed by atoms with Gasteiger partial charge in [0.25, 0.3) is 0 Å². The highest BCUT2D eigenvalue weighted by molar-refractivity contribution is 5.43. The minimum atomic E-state index is -0.638. The molecule has 2 aromatic rings. The van der Waals surface area contributed by atoms with Gasteiger partial charge in [-0.15, -0.1) is 0 Å². The molecule has 1 heterocycles. The monoisotopic (exact) mass is 256 g/mol. The third kappa shape index (κ3) is 2.29. The summed E-state index contributed by atoms with van der Waals surface area (Å²) in [5.41, 5.74) is 2.88. The second-order valence-electron chi connectivity index (χ2n) is 4.64. The largest absolute Gasteiger partial charge is 0.497 e. The molecule has 0 amide bonds. The van der Waals surface area contributed by atoms with E-state index in [1.807, 2.05) is 42.5 Å². The Kier molecular flexibility index (Phi) is 3.13. The van der Waals surface area contributed by atoms with E-state index in [-0.39, 0.29) is 0 Å². The van der Waals surface area contributed by atoms with Crippen LogP contribution >= 0.6 is 0 Å². The molecule has 0 bridgehead atoms. The first-order valence-corrected chi connectivity index (χ1v) is 6.35. The maximum atomic E-state index is 10.4. The number of hydrogen-bond acceptors (Lipinski definition) is 3. The van der Waals surface area contributed by atoms with Crippen LogP contribution in [0.15, 0.2) is 42.5 Å². The predicted molar refractivity (Wildman–Crippen MR) is 72.7 cm³/mol. The smallest absolute Gasteiger partial charge is 0.122 e. The van der Waals surface area contributed by atoms with E-state index in [1.54, 1.807) is 7.11 Å². The van der Waals surface area contributed by atoms with Gasteiger partial charge in [-0.3, -0.25) is 0 Å². The zero-order chi connectivity index (χ0) is 13.2. The molecule has 3 nitrogen and oxygen atoms in total. The van der Waals surface area contributed by atoms with Crippen LogP contribution in [0.25, 0.3) is 0 Å². The van der Waals surface area contributed by atoms with Gasteiger partial charge in [0, 0.05) is 6.42 Å². The minimum Gasteiger partial charge on any atom is -0.497 e. The van der Waals surface area contributed by atoms with Crippen molar-refractivity contribution >= 4 is 0 Å². The van der Waals surface area contributed by atoms with Crippen LogP contribution in [0.5, 0.6) is 11.5 Å². The Morgan fingerprint density at radius 3 is 2.84 bits per heavy atom.